The number of halogens is 1. The van der Waals surface area contributed by atoms with Crippen LogP contribution in [0.5, 0.6) is 0 Å². The van der Waals surface area contributed by atoms with Crippen molar-refractivity contribution < 1.29 is 0 Å². The molecule has 1 fully saturated rings. The van der Waals surface area contributed by atoms with Crippen LogP contribution in [0.4, 0.5) is 5.13 Å². The summed E-state index contributed by atoms with van der Waals surface area (Å²) in [5.74, 6) is 0.766. The monoisotopic (exact) mass is 281 g/mol. The summed E-state index contributed by atoms with van der Waals surface area (Å²) < 4.78 is 1.15. The topological polar surface area (TPSA) is 37.0 Å². The van der Waals surface area contributed by atoms with Gasteiger partial charge in [0, 0.05) is 11.6 Å². The minimum atomic E-state index is 0.766. The molecule has 2 aromatic rings. The Morgan fingerprint density at radius 3 is 3.06 bits per heavy atom. The number of anilines is 1. The van der Waals surface area contributed by atoms with Crippen molar-refractivity contribution in [2.24, 2.45) is 5.92 Å². The predicted octanol–water partition coefficient (Wildman–Crippen LogP) is 3.36. The van der Waals surface area contributed by atoms with Crippen LogP contribution in [0.25, 0.3) is 10.2 Å². The average Bonchev–Trinajstić information content (AvgIpc) is 2.79. The molecule has 0 radical (unpaired) electrons. The Kier molecular flexibility index (Phi) is 3.68. The first-order valence-corrected chi connectivity index (χ1v) is 7.51. The molecule has 1 saturated heterocycles. The van der Waals surface area contributed by atoms with E-state index in [-0.39, 0.29) is 0 Å². The fourth-order valence-electron chi connectivity index (χ4n) is 2.29. The third kappa shape index (κ3) is 2.76. The molecule has 1 aliphatic heterocycles. The minimum absolute atomic E-state index is 0.766. The van der Waals surface area contributed by atoms with Crippen molar-refractivity contribution in [2.45, 2.75) is 12.8 Å². The van der Waals surface area contributed by atoms with Crippen LogP contribution in [0.2, 0.25) is 5.02 Å². The summed E-state index contributed by atoms with van der Waals surface area (Å²) in [5, 5.41) is 8.62. The molecule has 1 aliphatic rings. The highest BCUT2D eigenvalue weighted by atomic mass is 35.5. The Morgan fingerprint density at radius 1 is 1.39 bits per heavy atom. The fourth-order valence-corrected chi connectivity index (χ4v) is 3.44. The lowest BCUT2D eigenvalue weighted by Gasteiger charge is -2.22. The molecular formula is C13H16ClN3S. The molecule has 0 saturated carbocycles. The molecule has 3 rings (SSSR count). The number of nitrogens with one attached hydrogen (secondary N) is 2. The second-order valence-corrected chi connectivity index (χ2v) is 6.17. The van der Waals surface area contributed by atoms with Gasteiger partial charge in [-0.3, -0.25) is 0 Å². The zero-order valence-corrected chi connectivity index (χ0v) is 11.7. The van der Waals surface area contributed by atoms with Gasteiger partial charge in [-0.25, -0.2) is 4.98 Å². The van der Waals surface area contributed by atoms with Crippen LogP contribution in [0, 0.1) is 5.92 Å². The molecule has 0 spiro atoms. The van der Waals surface area contributed by atoms with Gasteiger partial charge >= 0.3 is 0 Å². The molecule has 0 bridgehead atoms. The summed E-state index contributed by atoms with van der Waals surface area (Å²) >= 11 is 7.66. The first kappa shape index (κ1) is 12.2. The Bertz CT molecular complexity index is 534. The number of fused-ring (bicyclic) bond motifs is 1. The zero-order valence-electron chi connectivity index (χ0n) is 10.1. The van der Waals surface area contributed by atoms with Crippen LogP contribution in [-0.4, -0.2) is 24.6 Å². The third-order valence-electron chi connectivity index (χ3n) is 3.35. The summed E-state index contributed by atoms with van der Waals surface area (Å²) in [5.41, 5.74) is 1.03. The van der Waals surface area contributed by atoms with Crippen molar-refractivity contribution in [3.8, 4) is 0 Å². The lowest BCUT2D eigenvalue weighted by atomic mass is 9.98. The van der Waals surface area contributed by atoms with Gasteiger partial charge in [-0.2, -0.15) is 0 Å². The number of rotatable bonds is 3. The van der Waals surface area contributed by atoms with E-state index in [4.69, 9.17) is 11.6 Å². The first-order chi connectivity index (χ1) is 8.81. The predicted molar refractivity (Wildman–Crippen MR) is 78.7 cm³/mol. The van der Waals surface area contributed by atoms with Gasteiger partial charge in [0.2, 0.25) is 0 Å². The summed E-state index contributed by atoms with van der Waals surface area (Å²) in [6.07, 6.45) is 2.51. The van der Waals surface area contributed by atoms with Crippen LogP contribution < -0.4 is 10.6 Å². The average molecular weight is 282 g/mol. The van der Waals surface area contributed by atoms with Gasteiger partial charge in [-0.1, -0.05) is 22.9 Å². The number of hydrogen-bond acceptors (Lipinski definition) is 4. The molecular weight excluding hydrogens is 266 g/mol. The Balaban J connectivity index is 1.67. The number of thiazole rings is 1. The fraction of sp³-hybridized carbons (Fsp3) is 0.462. The largest absolute Gasteiger partial charge is 0.361 e. The maximum absolute atomic E-state index is 5.98. The first-order valence-electron chi connectivity index (χ1n) is 6.32. The van der Waals surface area contributed by atoms with E-state index >= 15 is 0 Å². The lowest BCUT2D eigenvalue weighted by Crippen LogP contribution is -2.31. The number of nitrogens with zero attached hydrogens (tertiary/aromatic N) is 1. The zero-order chi connectivity index (χ0) is 12.4. The Morgan fingerprint density at radius 2 is 2.22 bits per heavy atom. The van der Waals surface area contributed by atoms with E-state index in [2.05, 4.69) is 15.6 Å². The van der Waals surface area contributed by atoms with Crippen molar-refractivity contribution in [3.63, 3.8) is 0 Å². The van der Waals surface area contributed by atoms with Crippen LogP contribution in [0.15, 0.2) is 18.2 Å². The lowest BCUT2D eigenvalue weighted by molar-refractivity contribution is 0.390. The summed E-state index contributed by atoms with van der Waals surface area (Å²) in [4.78, 5) is 4.57. The second-order valence-electron chi connectivity index (χ2n) is 4.71. The molecule has 0 unspecified atom stereocenters. The van der Waals surface area contributed by atoms with Crippen molar-refractivity contribution in [1.82, 2.24) is 10.3 Å². The molecule has 2 heterocycles. The summed E-state index contributed by atoms with van der Waals surface area (Å²) in [7, 11) is 0. The standard InChI is InChI=1S/C13H16ClN3S/c14-10-1-2-11-12(7-10)18-13(17-11)16-8-9-3-5-15-6-4-9/h1-2,7,9,15H,3-6,8H2,(H,16,17). The Hall–Kier alpha value is -0.840. The maximum atomic E-state index is 5.98. The molecule has 3 nitrogen and oxygen atoms in total. The van der Waals surface area contributed by atoms with Crippen molar-refractivity contribution in [3.05, 3.63) is 23.2 Å². The normalized spacial score (nSPS) is 17.2. The highest BCUT2D eigenvalue weighted by Gasteiger charge is 2.13. The molecule has 1 aromatic carbocycles. The third-order valence-corrected chi connectivity index (χ3v) is 4.56. The number of hydrogen-bond donors (Lipinski definition) is 2. The van der Waals surface area contributed by atoms with Crippen LogP contribution in [0.1, 0.15) is 12.8 Å². The smallest absolute Gasteiger partial charge is 0.183 e. The van der Waals surface area contributed by atoms with Gasteiger partial charge in [0.1, 0.15) is 0 Å². The van der Waals surface area contributed by atoms with E-state index in [1.165, 1.54) is 12.8 Å². The molecule has 5 heteroatoms. The number of aromatic nitrogens is 1. The SMILES string of the molecule is Clc1ccc2nc(NCC3CCNCC3)sc2c1. The molecule has 0 amide bonds. The van der Waals surface area contributed by atoms with Gasteiger partial charge in [0.15, 0.2) is 5.13 Å². The van der Waals surface area contributed by atoms with E-state index < -0.39 is 0 Å². The number of piperidine rings is 1. The Labute approximate surface area is 116 Å². The van der Waals surface area contributed by atoms with Crippen molar-refractivity contribution in [1.29, 1.82) is 0 Å². The summed E-state index contributed by atoms with van der Waals surface area (Å²) in [6, 6.07) is 5.84. The van der Waals surface area contributed by atoms with E-state index in [9.17, 15) is 0 Å². The highest BCUT2D eigenvalue weighted by Crippen LogP contribution is 2.28. The van der Waals surface area contributed by atoms with Crippen molar-refractivity contribution in [2.75, 3.05) is 25.0 Å². The van der Waals surface area contributed by atoms with E-state index in [1.807, 2.05) is 18.2 Å². The molecule has 0 atom stereocenters. The van der Waals surface area contributed by atoms with Crippen molar-refractivity contribution >= 4 is 38.3 Å². The highest BCUT2D eigenvalue weighted by molar-refractivity contribution is 7.22. The van der Waals surface area contributed by atoms with E-state index in [0.29, 0.717) is 0 Å². The summed E-state index contributed by atoms with van der Waals surface area (Å²) in [6.45, 7) is 3.30. The molecule has 18 heavy (non-hydrogen) atoms. The minimum Gasteiger partial charge on any atom is -0.361 e. The maximum Gasteiger partial charge on any atom is 0.183 e. The molecule has 2 N–H and O–H groups in total. The molecule has 0 aliphatic carbocycles. The van der Waals surface area contributed by atoms with E-state index in [0.717, 1.165) is 45.9 Å². The van der Waals surface area contributed by atoms with Gasteiger partial charge in [0.05, 0.1) is 10.2 Å². The van der Waals surface area contributed by atoms with Gasteiger partial charge in [-0.05, 0) is 50.0 Å². The van der Waals surface area contributed by atoms with Gasteiger partial charge < -0.3 is 10.6 Å². The van der Waals surface area contributed by atoms with Crippen LogP contribution in [0.3, 0.4) is 0 Å². The quantitative estimate of drug-likeness (QED) is 0.906. The van der Waals surface area contributed by atoms with Gasteiger partial charge in [0.25, 0.3) is 0 Å². The van der Waals surface area contributed by atoms with Crippen LogP contribution in [-0.2, 0) is 0 Å². The molecule has 1 aromatic heterocycles. The van der Waals surface area contributed by atoms with Crippen LogP contribution >= 0.6 is 22.9 Å². The van der Waals surface area contributed by atoms with E-state index in [1.54, 1.807) is 11.3 Å². The number of benzene rings is 1. The molecule has 96 valence electrons. The van der Waals surface area contributed by atoms with Gasteiger partial charge in [-0.15, -0.1) is 0 Å². The second kappa shape index (κ2) is 5.43.